The Morgan fingerprint density at radius 1 is 1.36 bits per heavy atom. The van der Waals surface area contributed by atoms with Crippen molar-refractivity contribution in [1.29, 1.82) is 0 Å². The van der Waals surface area contributed by atoms with Gasteiger partial charge in [-0.2, -0.15) is 0 Å². The van der Waals surface area contributed by atoms with Crippen LogP contribution in [-0.2, 0) is 4.79 Å². The van der Waals surface area contributed by atoms with Crippen molar-refractivity contribution in [3.8, 4) is 5.75 Å². The molecule has 0 atom stereocenters. The lowest BCUT2D eigenvalue weighted by Gasteiger charge is -2.05. The van der Waals surface area contributed by atoms with Crippen LogP contribution in [0.25, 0.3) is 0 Å². The molecule has 74 valence electrons. The largest absolute Gasteiger partial charge is 0.425 e. The summed E-state index contributed by atoms with van der Waals surface area (Å²) in [6, 6.07) is 4.81. The van der Waals surface area contributed by atoms with Gasteiger partial charge in [-0.1, -0.05) is 23.2 Å². The molecule has 1 aromatic rings. The number of hydrogen-bond donors (Lipinski definition) is 0. The molecule has 1 saturated carbocycles. The van der Waals surface area contributed by atoms with Crippen molar-refractivity contribution < 1.29 is 9.53 Å². The second-order valence-corrected chi connectivity index (χ2v) is 4.11. The molecule has 0 bridgehead atoms. The maximum atomic E-state index is 11.3. The number of halogens is 2. The number of rotatable bonds is 2. The van der Waals surface area contributed by atoms with E-state index in [0.29, 0.717) is 15.8 Å². The molecule has 0 amide bonds. The van der Waals surface area contributed by atoms with Gasteiger partial charge in [0.1, 0.15) is 0 Å². The molecule has 0 N–H and O–H groups in total. The summed E-state index contributed by atoms with van der Waals surface area (Å²) in [5.41, 5.74) is 0. The minimum absolute atomic E-state index is 0.0602. The second-order valence-electron chi connectivity index (χ2n) is 3.27. The van der Waals surface area contributed by atoms with E-state index in [1.54, 1.807) is 18.2 Å². The summed E-state index contributed by atoms with van der Waals surface area (Å²) in [5.74, 6) is 0.190. The zero-order valence-corrected chi connectivity index (χ0v) is 8.81. The van der Waals surface area contributed by atoms with E-state index in [2.05, 4.69) is 0 Å². The van der Waals surface area contributed by atoms with Crippen LogP contribution in [0.5, 0.6) is 5.75 Å². The highest BCUT2D eigenvalue weighted by molar-refractivity contribution is 6.34. The topological polar surface area (TPSA) is 26.3 Å². The lowest BCUT2D eigenvalue weighted by atomic mass is 10.3. The molecule has 0 heterocycles. The first-order valence-corrected chi connectivity index (χ1v) is 5.09. The zero-order valence-electron chi connectivity index (χ0n) is 7.30. The number of benzene rings is 1. The molecule has 4 heteroatoms. The Morgan fingerprint density at radius 3 is 2.71 bits per heavy atom. The molecule has 0 aromatic heterocycles. The third-order valence-corrected chi connectivity index (χ3v) is 2.56. The fourth-order valence-electron chi connectivity index (χ4n) is 1.07. The molecule has 2 rings (SSSR count). The van der Waals surface area contributed by atoms with E-state index in [1.165, 1.54) is 0 Å². The zero-order chi connectivity index (χ0) is 10.1. The third-order valence-electron chi connectivity index (χ3n) is 2.01. The molecule has 2 nitrogen and oxygen atoms in total. The van der Waals surface area contributed by atoms with Gasteiger partial charge in [0, 0.05) is 11.1 Å². The number of carbonyl (C=O) groups excluding carboxylic acids is 1. The minimum Gasteiger partial charge on any atom is -0.425 e. The number of esters is 1. The van der Waals surface area contributed by atoms with Gasteiger partial charge in [0.25, 0.3) is 0 Å². The highest BCUT2D eigenvalue weighted by atomic mass is 35.5. The van der Waals surface area contributed by atoms with Gasteiger partial charge in [-0.15, -0.1) is 0 Å². The lowest BCUT2D eigenvalue weighted by Crippen LogP contribution is -2.09. The maximum absolute atomic E-state index is 11.3. The van der Waals surface area contributed by atoms with E-state index >= 15 is 0 Å². The quantitative estimate of drug-likeness (QED) is 0.576. The molecule has 1 aliphatic carbocycles. The Kier molecular flexibility index (Phi) is 2.66. The molecule has 0 radical (unpaired) electrons. The average molecular weight is 231 g/mol. The number of carbonyl (C=O) groups is 1. The van der Waals surface area contributed by atoms with E-state index in [9.17, 15) is 4.79 Å². The molecule has 0 spiro atoms. The summed E-state index contributed by atoms with van der Waals surface area (Å²) in [7, 11) is 0. The van der Waals surface area contributed by atoms with Gasteiger partial charge < -0.3 is 4.74 Å². The fraction of sp³-hybridized carbons (Fsp3) is 0.300. The van der Waals surface area contributed by atoms with Crippen molar-refractivity contribution in [3.05, 3.63) is 28.2 Å². The first kappa shape index (κ1) is 9.81. The van der Waals surface area contributed by atoms with Gasteiger partial charge in [0.2, 0.25) is 0 Å². The summed E-state index contributed by atoms with van der Waals surface area (Å²) in [6.07, 6.45) is 1.83. The van der Waals surface area contributed by atoms with Gasteiger partial charge in [0.05, 0.1) is 10.9 Å². The summed E-state index contributed by atoms with van der Waals surface area (Å²) < 4.78 is 5.09. The van der Waals surface area contributed by atoms with Crippen molar-refractivity contribution >= 4 is 29.2 Å². The van der Waals surface area contributed by atoms with Gasteiger partial charge in [-0.05, 0) is 25.0 Å². The second kappa shape index (κ2) is 3.79. The van der Waals surface area contributed by atoms with E-state index in [1.807, 2.05) is 0 Å². The van der Waals surface area contributed by atoms with Crippen LogP contribution in [0.2, 0.25) is 10.0 Å². The number of ether oxygens (including phenoxy) is 1. The number of hydrogen-bond acceptors (Lipinski definition) is 2. The van der Waals surface area contributed by atoms with Crippen LogP contribution in [0.1, 0.15) is 12.8 Å². The van der Waals surface area contributed by atoms with Crippen LogP contribution in [0.15, 0.2) is 18.2 Å². The summed E-state index contributed by atoms with van der Waals surface area (Å²) in [5, 5.41) is 0.913. The van der Waals surface area contributed by atoms with Gasteiger partial charge >= 0.3 is 5.97 Å². The lowest BCUT2D eigenvalue weighted by molar-refractivity contribution is -0.135. The van der Waals surface area contributed by atoms with E-state index in [4.69, 9.17) is 27.9 Å². The van der Waals surface area contributed by atoms with Crippen LogP contribution in [0, 0.1) is 5.92 Å². The Labute approximate surface area is 91.8 Å². The van der Waals surface area contributed by atoms with E-state index in [0.717, 1.165) is 12.8 Å². The first-order chi connectivity index (χ1) is 6.66. The molecule has 1 fully saturated rings. The molecular formula is C10H8Cl2O2. The van der Waals surface area contributed by atoms with Crippen molar-refractivity contribution in [2.24, 2.45) is 5.92 Å². The van der Waals surface area contributed by atoms with Crippen LogP contribution in [0.3, 0.4) is 0 Å². The smallest absolute Gasteiger partial charge is 0.314 e. The van der Waals surface area contributed by atoms with Crippen molar-refractivity contribution in [1.82, 2.24) is 0 Å². The molecule has 0 aliphatic heterocycles. The Bertz CT molecular complexity index is 372. The van der Waals surface area contributed by atoms with Gasteiger partial charge in [-0.25, -0.2) is 0 Å². The summed E-state index contributed by atoms with van der Waals surface area (Å²) >= 11 is 11.6. The highest BCUT2D eigenvalue weighted by Gasteiger charge is 2.31. The predicted molar refractivity (Wildman–Crippen MR) is 54.8 cm³/mol. The molecule has 0 saturated heterocycles. The predicted octanol–water partition coefficient (Wildman–Crippen LogP) is 3.31. The monoisotopic (exact) mass is 230 g/mol. The standard InChI is InChI=1S/C10H8Cl2O2/c11-7-3-4-8(12)9(5-7)14-10(13)6-1-2-6/h3-6H,1-2H2. The van der Waals surface area contributed by atoms with Crippen molar-refractivity contribution in [2.45, 2.75) is 12.8 Å². The van der Waals surface area contributed by atoms with Crippen LogP contribution in [0.4, 0.5) is 0 Å². The Balaban J connectivity index is 2.14. The van der Waals surface area contributed by atoms with Gasteiger partial charge in [-0.3, -0.25) is 4.79 Å². The minimum atomic E-state index is -0.214. The SMILES string of the molecule is O=C(Oc1cc(Cl)ccc1Cl)C1CC1. The van der Waals surface area contributed by atoms with Gasteiger partial charge in [0.15, 0.2) is 5.75 Å². The first-order valence-electron chi connectivity index (χ1n) is 4.33. The Morgan fingerprint density at radius 2 is 2.07 bits per heavy atom. The average Bonchev–Trinajstić information content (AvgIpc) is 2.94. The molecule has 0 unspecified atom stereocenters. The molecule has 14 heavy (non-hydrogen) atoms. The fourth-order valence-corrected chi connectivity index (χ4v) is 1.38. The summed E-state index contributed by atoms with van der Waals surface area (Å²) in [6.45, 7) is 0. The van der Waals surface area contributed by atoms with Crippen molar-refractivity contribution in [3.63, 3.8) is 0 Å². The van der Waals surface area contributed by atoms with Crippen LogP contribution in [-0.4, -0.2) is 5.97 Å². The van der Waals surface area contributed by atoms with E-state index < -0.39 is 0 Å². The van der Waals surface area contributed by atoms with Crippen LogP contribution < -0.4 is 4.74 Å². The van der Waals surface area contributed by atoms with Crippen molar-refractivity contribution in [2.75, 3.05) is 0 Å². The third kappa shape index (κ3) is 2.20. The Hall–Kier alpha value is -0.730. The molecule has 1 aliphatic rings. The highest BCUT2D eigenvalue weighted by Crippen LogP contribution is 2.33. The van der Waals surface area contributed by atoms with Crippen LogP contribution >= 0.6 is 23.2 Å². The molecule has 1 aromatic carbocycles. The summed E-state index contributed by atoms with van der Waals surface area (Å²) in [4.78, 5) is 11.3. The maximum Gasteiger partial charge on any atom is 0.314 e. The van der Waals surface area contributed by atoms with E-state index in [-0.39, 0.29) is 11.9 Å². The normalized spacial score (nSPS) is 15.3. The molecular weight excluding hydrogens is 223 g/mol.